The highest BCUT2D eigenvalue weighted by atomic mass is 16.5. The zero-order valence-electron chi connectivity index (χ0n) is 18.9. The van der Waals surface area contributed by atoms with E-state index in [4.69, 9.17) is 9.72 Å². The molecule has 33 heavy (non-hydrogen) atoms. The lowest BCUT2D eigenvalue weighted by Crippen LogP contribution is -2.25. The third kappa shape index (κ3) is 4.15. The van der Waals surface area contributed by atoms with Gasteiger partial charge in [0.1, 0.15) is 11.6 Å². The molecule has 2 aromatic heterocycles. The molecule has 0 amide bonds. The molecule has 0 aliphatic heterocycles. The number of fused-ring (bicyclic) bond motifs is 1. The van der Waals surface area contributed by atoms with E-state index in [0.717, 1.165) is 50.9 Å². The highest BCUT2D eigenvalue weighted by Crippen LogP contribution is 2.25. The Morgan fingerprint density at radius 3 is 2.39 bits per heavy atom. The summed E-state index contributed by atoms with van der Waals surface area (Å²) in [4.78, 5) is 10.4. The quantitative estimate of drug-likeness (QED) is 0.405. The summed E-state index contributed by atoms with van der Waals surface area (Å²) in [5, 5.41) is 12.7. The molecule has 0 unspecified atom stereocenters. The van der Waals surface area contributed by atoms with E-state index in [1.54, 1.807) is 7.11 Å². The monoisotopic (exact) mass is 439 g/mol. The van der Waals surface area contributed by atoms with Gasteiger partial charge in [-0.2, -0.15) is 4.68 Å². The van der Waals surface area contributed by atoms with Crippen molar-refractivity contribution in [2.45, 2.75) is 26.9 Å². The van der Waals surface area contributed by atoms with Crippen molar-refractivity contribution in [3.8, 4) is 11.4 Å². The van der Waals surface area contributed by atoms with Gasteiger partial charge in [0.15, 0.2) is 5.82 Å². The Hall–Kier alpha value is -4.20. The van der Waals surface area contributed by atoms with Crippen LogP contribution in [0.4, 0.5) is 5.69 Å². The van der Waals surface area contributed by atoms with Crippen LogP contribution in [0.1, 0.15) is 22.8 Å². The van der Waals surface area contributed by atoms with Gasteiger partial charge in [0.25, 0.3) is 0 Å². The van der Waals surface area contributed by atoms with Crippen LogP contribution in [0.25, 0.3) is 16.7 Å². The van der Waals surface area contributed by atoms with Crippen molar-refractivity contribution >= 4 is 16.7 Å². The Bertz CT molecular complexity index is 1330. The summed E-state index contributed by atoms with van der Waals surface area (Å²) in [6.07, 6.45) is 0. The molecule has 5 rings (SSSR count). The minimum absolute atomic E-state index is 0.504. The third-order valence-corrected chi connectivity index (χ3v) is 5.73. The Labute approximate surface area is 191 Å². The summed E-state index contributed by atoms with van der Waals surface area (Å²) in [7, 11) is 1.67. The Morgan fingerprint density at radius 2 is 1.67 bits per heavy atom. The summed E-state index contributed by atoms with van der Waals surface area (Å²) in [6, 6.07) is 22.2. The summed E-state index contributed by atoms with van der Waals surface area (Å²) < 4.78 is 7.18. The molecule has 166 valence electrons. The molecule has 0 spiro atoms. The molecule has 0 atom stereocenters. The highest BCUT2D eigenvalue weighted by molar-refractivity contribution is 5.74. The van der Waals surface area contributed by atoms with Gasteiger partial charge in [0, 0.05) is 5.69 Å². The second kappa shape index (κ2) is 8.74. The van der Waals surface area contributed by atoms with Gasteiger partial charge >= 0.3 is 0 Å². The van der Waals surface area contributed by atoms with Gasteiger partial charge in [-0.15, -0.1) is 5.10 Å². The summed E-state index contributed by atoms with van der Waals surface area (Å²) >= 11 is 0. The van der Waals surface area contributed by atoms with E-state index in [2.05, 4.69) is 51.4 Å². The number of aromatic nitrogens is 6. The van der Waals surface area contributed by atoms with Crippen LogP contribution < -0.4 is 9.64 Å². The number of aryl methyl sites for hydroxylation is 2. The average molecular weight is 440 g/mol. The molecule has 8 nitrogen and oxygen atoms in total. The van der Waals surface area contributed by atoms with Gasteiger partial charge in [0.05, 0.1) is 36.9 Å². The first-order chi connectivity index (χ1) is 16.1. The molecule has 3 aromatic carbocycles. The summed E-state index contributed by atoms with van der Waals surface area (Å²) in [6.45, 7) is 5.22. The number of hydrogen-bond acceptors (Lipinski definition) is 6. The number of tetrazole rings is 1. The standard InChI is InChI=1S/C25H25N7O/c1-17-7-6-8-18(2)25(17)32-24(28-29-30-32)16-31(19-11-13-20(33-3)14-12-19)15-23-26-21-9-4-5-10-22(21)27-23/h4-14H,15-16H2,1-3H3,(H,26,27). The van der Waals surface area contributed by atoms with Gasteiger partial charge < -0.3 is 14.6 Å². The van der Waals surface area contributed by atoms with E-state index in [-0.39, 0.29) is 0 Å². The maximum Gasteiger partial charge on any atom is 0.175 e. The highest BCUT2D eigenvalue weighted by Gasteiger charge is 2.18. The van der Waals surface area contributed by atoms with Crippen LogP contribution in [-0.2, 0) is 13.1 Å². The number of ether oxygens (including phenoxy) is 1. The minimum atomic E-state index is 0.504. The summed E-state index contributed by atoms with van der Waals surface area (Å²) in [5.41, 5.74) is 6.24. The van der Waals surface area contributed by atoms with Crippen LogP contribution in [0.2, 0.25) is 0 Å². The topological polar surface area (TPSA) is 84.8 Å². The molecule has 0 aliphatic rings. The summed E-state index contributed by atoms with van der Waals surface area (Å²) in [5.74, 6) is 2.43. The predicted molar refractivity (Wildman–Crippen MR) is 128 cm³/mol. The molecule has 2 heterocycles. The SMILES string of the molecule is COc1ccc(N(Cc2nc3ccccc3[nH]2)Cc2nnnn2-c2c(C)cccc2C)cc1. The predicted octanol–water partition coefficient (Wildman–Crippen LogP) is 4.37. The molecule has 0 saturated carbocycles. The van der Waals surface area contributed by atoms with Gasteiger partial charge in [-0.3, -0.25) is 0 Å². The van der Waals surface area contributed by atoms with Crippen LogP contribution >= 0.6 is 0 Å². The molecule has 0 saturated heterocycles. The smallest absolute Gasteiger partial charge is 0.175 e. The van der Waals surface area contributed by atoms with Crippen molar-refractivity contribution in [1.82, 2.24) is 30.2 Å². The Balaban J connectivity index is 1.52. The second-order valence-corrected chi connectivity index (χ2v) is 8.00. The fourth-order valence-electron chi connectivity index (χ4n) is 4.08. The largest absolute Gasteiger partial charge is 0.497 e. The van der Waals surface area contributed by atoms with Crippen molar-refractivity contribution < 1.29 is 4.74 Å². The van der Waals surface area contributed by atoms with Crippen molar-refractivity contribution in [2.24, 2.45) is 0 Å². The van der Waals surface area contributed by atoms with Gasteiger partial charge in [-0.25, -0.2) is 4.98 Å². The molecule has 0 fully saturated rings. The van der Waals surface area contributed by atoms with Crippen LogP contribution in [-0.4, -0.2) is 37.3 Å². The zero-order valence-corrected chi connectivity index (χ0v) is 18.9. The number of nitrogens with one attached hydrogen (secondary N) is 1. The van der Waals surface area contributed by atoms with Crippen molar-refractivity contribution in [1.29, 1.82) is 0 Å². The average Bonchev–Trinajstić information content (AvgIpc) is 3.45. The molecule has 0 aliphatic carbocycles. The van der Waals surface area contributed by atoms with E-state index < -0.39 is 0 Å². The maximum atomic E-state index is 5.34. The second-order valence-electron chi connectivity index (χ2n) is 8.00. The molecule has 5 aromatic rings. The number of hydrogen-bond donors (Lipinski definition) is 1. The van der Waals surface area contributed by atoms with Gasteiger partial charge in [-0.1, -0.05) is 30.3 Å². The Kier molecular flexibility index (Phi) is 5.48. The first-order valence-electron chi connectivity index (χ1n) is 10.8. The van der Waals surface area contributed by atoms with Crippen LogP contribution in [0, 0.1) is 13.8 Å². The number of imidazole rings is 1. The number of methoxy groups -OCH3 is 1. The Morgan fingerprint density at radius 1 is 0.909 bits per heavy atom. The number of para-hydroxylation sites is 3. The lowest BCUT2D eigenvalue weighted by molar-refractivity contribution is 0.415. The zero-order chi connectivity index (χ0) is 22.8. The number of benzene rings is 3. The number of H-pyrrole nitrogens is 1. The fourth-order valence-corrected chi connectivity index (χ4v) is 4.08. The van der Waals surface area contributed by atoms with Crippen LogP contribution in [0.15, 0.2) is 66.7 Å². The van der Waals surface area contributed by atoms with E-state index in [1.807, 2.05) is 59.3 Å². The van der Waals surface area contributed by atoms with Crippen molar-refractivity contribution in [3.05, 3.63) is 89.5 Å². The van der Waals surface area contributed by atoms with Gasteiger partial charge in [-0.05, 0) is 71.8 Å². The number of nitrogens with zero attached hydrogens (tertiary/aromatic N) is 6. The van der Waals surface area contributed by atoms with Crippen molar-refractivity contribution in [3.63, 3.8) is 0 Å². The maximum absolute atomic E-state index is 5.34. The minimum Gasteiger partial charge on any atom is -0.497 e. The van der Waals surface area contributed by atoms with E-state index in [0.29, 0.717) is 13.1 Å². The molecular weight excluding hydrogens is 414 g/mol. The number of anilines is 1. The van der Waals surface area contributed by atoms with Crippen molar-refractivity contribution in [2.75, 3.05) is 12.0 Å². The molecule has 0 radical (unpaired) electrons. The van der Waals surface area contributed by atoms with Gasteiger partial charge in [0.2, 0.25) is 0 Å². The number of aromatic amines is 1. The molecule has 1 N–H and O–H groups in total. The van der Waals surface area contributed by atoms with Crippen LogP contribution in [0.3, 0.4) is 0 Å². The third-order valence-electron chi connectivity index (χ3n) is 5.73. The molecule has 0 bridgehead atoms. The lowest BCUT2D eigenvalue weighted by atomic mass is 10.1. The van der Waals surface area contributed by atoms with Crippen LogP contribution in [0.5, 0.6) is 5.75 Å². The molecule has 8 heteroatoms. The molecular formula is C25H25N7O. The normalized spacial score (nSPS) is 11.1. The van der Waals surface area contributed by atoms with E-state index in [9.17, 15) is 0 Å². The first kappa shape index (κ1) is 20.7. The van der Waals surface area contributed by atoms with E-state index >= 15 is 0 Å². The lowest BCUT2D eigenvalue weighted by Gasteiger charge is -2.24. The first-order valence-corrected chi connectivity index (χ1v) is 10.8. The number of rotatable bonds is 7. The van der Waals surface area contributed by atoms with E-state index in [1.165, 1.54) is 0 Å². The fraction of sp³-hybridized carbons (Fsp3) is 0.200.